The predicted molar refractivity (Wildman–Crippen MR) is 99.0 cm³/mol. The number of amides is 2. The van der Waals surface area contributed by atoms with E-state index < -0.39 is 17.9 Å². The number of carbonyl (C=O) groups is 1. The number of rotatable bonds is 3. The molecule has 2 amide bonds. The maximum Gasteiger partial charge on any atom is 0.319 e. The lowest BCUT2D eigenvalue weighted by molar-refractivity contribution is 0.248. The van der Waals surface area contributed by atoms with Crippen LogP contribution in [0.3, 0.4) is 0 Å². The molecule has 1 aromatic heterocycles. The van der Waals surface area contributed by atoms with Crippen molar-refractivity contribution in [2.75, 3.05) is 5.32 Å². The van der Waals surface area contributed by atoms with E-state index in [9.17, 15) is 14.0 Å². The number of carbonyl (C=O) groups excluding carboxylic acids is 1. The predicted octanol–water partition coefficient (Wildman–Crippen LogP) is 3.61. The molecular formula is C18H16ClFN4O2. The van der Waals surface area contributed by atoms with Gasteiger partial charge in [-0.3, -0.25) is 9.36 Å². The second-order valence-electron chi connectivity index (χ2n) is 5.83. The maximum atomic E-state index is 13.2. The third kappa shape index (κ3) is 3.67. The second kappa shape index (κ2) is 7.13. The van der Waals surface area contributed by atoms with Gasteiger partial charge in [0, 0.05) is 17.8 Å². The van der Waals surface area contributed by atoms with Gasteiger partial charge >= 0.3 is 6.03 Å². The molecule has 0 radical (unpaired) electrons. The molecule has 3 rings (SSSR count). The van der Waals surface area contributed by atoms with Gasteiger partial charge in [0.1, 0.15) is 11.6 Å². The first-order chi connectivity index (χ1) is 12.3. The zero-order valence-electron chi connectivity index (χ0n) is 14.1. The number of nitrogens with one attached hydrogen (secondary N) is 2. The summed E-state index contributed by atoms with van der Waals surface area (Å²) in [5, 5.41) is 6.13. The molecule has 8 heteroatoms. The van der Waals surface area contributed by atoms with Crippen LogP contribution >= 0.6 is 11.6 Å². The summed E-state index contributed by atoms with van der Waals surface area (Å²) in [6.45, 7) is 1.70. The minimum absolute atomic E-state index is 0.235. The fourth-order valence-electron chi connectivity index (χ4n) is 2.64. The zero-order chi connectivity index (χ0) is 18.8. The molecule has 1 heterocycles. The van der Waals surface area contributed by atoms with Crippen molar-refractivity contribution in [2.45, 2.75) is 13.0 Å². The fraction of sp³-hybridized carbons (Fsp3) is 0.167. The Labute approximate surface area is 153 Å². The number of hydrogen-bond donors (Lipinski definition) is 2. The van der Waals surface area contributed by atoms with Crippen molar-refractivity contribution in [1.82, 2.24) is 14.9 Å². The number of urea groups is 1. The lowest BCUT2D eigenvalue weighted by Gasteiger charge is -2.17. The molecule has 0 unspecified atom stereocenters. The van der Waals surface area contributed by atoms with E-state index in [0.717, 1.165) is 0 Å². The van der Waals surface area contributed by atoms with E-state index in [0.29, 0.717) is 27.4 Å². The average molecular weight is 375 g/mol. The largest absolute Gasteiger partial charge is 0.328 e. The van der Waals surface area contributed by atoms with Crippen LogP contribution in [0.4, 0.5) is 14.9 Å². The molecular weight excluding hydrogens is 359 g/mol. The van der Waals surface area contributed by atoms with E-state index >= 15 is 0 Å². The van der Waals surface area contributed by atoms with Crippen molar-refractivity contribution in [3.05, 3.63) is 69.5 Å². The van der Waals surface area contributed by atoms with Crippen molar-refractivity contribution in [1.29, 1.82) is 0 Å². The van der Waals surface area contributed by atoms with Gasteiger partial charge in [0.05, 0.1) is 16.9 Å². The van der Waals surface area contributed by atoms with Crippen LogP contribution in [0.25, 0.3) is 10.9 Å². The molecule has 3 aromatic rings. The van der Waals surface area contributed by atoms with Gasteiger partial charge in [-0.15, -0.1) is 0 Å². The van der Waals surface area contributed by atoms with E-state index in [-0.39, 0.29) is 5.56 Å². The van der Waals surface area contributed by atoms with Crippen molar-refractivity contribution in [3.63, 3.8) is 0 Å². The summed E-state index contributed by atoms with van der Waals surface area (Å²) in [5.41, 5.74) is 0.539. The Balaban J connectivity index is 1.85. The van der Waals surface area contributed by atoms with E-state index in [1.807, 2.05) is 0 Å². The summed E-state index contributed by atoms with van der Waals surface area (Å²) < 4.78 is 14.6. The van der Waals surface area contributed by atoms with Crippen LogP contribution in [0.15, 0.2) is 47.3 Å². The first-order valence-corrected chi connectivity index (χ1v) is 8.22. The summed E-state index contributed by atoms with van der Waals surface area (Å²) in [6, 6.07) is 9.29. The Kier molecular flexibility index (Phi) is 4.90. The van der Waals surface area contributed by atoms with Gasteiger partial charge in [-0.2, -0.15) is 0 Å². The van der Waals surface area contributed by atoms with Gasteiger partial charge in [-0.1, -0.05) is 17.7 Å². The smallest absolute Gasteiger partial charge is 0.319 e. The highest BCUT2D eigenvalue weighted by Crippen LogP contribution is 2.17. The maximum absolute atomic E-state index is 13.2. The molecule has 0 saturated heterocycles. The normalized spacial score (nSPS) is 12.0. The first-order valence-electron chi connectivity index (χ1n) is 7.84. The van der Waals surface area contributed by atoms with Crippen LogP contribution in [-0.4, -0.2) is 15.6 Å². The molecule has 2 aromatic carbocycles. The number of anilines is 1. The molecule has 0 bridgehead atoms. The summed E-state index contributed by atoms with van der Waals surface area (Å²) in [4.78, 5) is 29.1. The van der Waals surface area contributed by atoms with E-state index in [1.165, 1.54) is 22.8 Å². The number of hydrogen-bond acceptors (Lipinski definition) is 3. The number of halogens is 2. The molecule has 2 N–H and O–H groups in total. The quantitative estimate of drug-likeness (QED) is 0.735. The van der Waals surface area contributed by atoms with Crippen LogP contribution in [0.1, 0.15) is 18.8 Å². The highest BCUT2D eigenvalue weighted by molar-refractivity contribution is 6.31. The van der Waals surface area contributed by atoms with Crippen LogP contribution in [0.2, 0.25) is 5.02 Å². The molecule has 0 spiro atoms. The molecule has 0 aliphatic heterocycles. The van der Waals surface area contributed by atoms with Crippen LogP contribution in [-0.2, 0) is 7.05 Å². The molecule has 134 valence electrons. The van der Waals surface area contributed by atoms with Gasteiger partial charge in [0.25, 0.3) is 5.56 Å². The molecule has 6 nitrogen and oxygen atoms in total. The van der Waals surface area contributed by atoms with E-state index in [4.69, 9.17) is 11.6 Å². The minimum Gasteiger partial charge on any atom is -0.328 e. The molecule has 26 heavy (non-hydrogen) atoms. The Morgan fingerprint density at radius 3 is 2.77 bits per heavy atom. The number of fused-ring (bicyclic) bond motifs is 1. The van der Waals surface area contributed by atoms with Gasteiger partial charge in [0.2, 0.25) is 0 Å². The summed E-state index contributed by atoms with van der Waals surface area (Å²) in [6.07, 6.45) is 0. The Bertz CT molecular complexity index is 1050. The Morgan fingerprint density at radius 2 is 2.04 bits per heavy atom. The molecule has 0 aliphatic carbocycles. The van der Waals surface area contributed by atoms with Crippen LogP contribution in [0.5, 0.6) is 0 Å². The fourth-order valence-corrected chi connectivity index (χ4v) is 2.81. The van der Waals surface area contributed by atoms with Crippen LogP contribution < -0.4 is 16.2 Å². The van der Waals surface area contributed by atoms with Crippen LogP contribution in [0, 0.1) is 5.82 Å². The molecule has 0 aliphatic rings. The second-order valence-corrected chi connectivity index (χ2v) is 6.26. The SMILES string of the molecule is C[C@H](NC(=O)Nc1cccc(F)c1)c1nc2cc(Cl)ccc2c(=O)n1C. The minimum atomic E-state index is -0.565. The van der Waals surface area contributed by atoms with Crippen molar-refractivity contribution >= 4 is 34.2 Å². The molecule has 1 atom stereocenters. The van der Waals surface area contributed by atoms with Gasteiger partial charge in [0.15, 0.2) is 0 Å². The lowest BCUT2D eigenvalue weighted by Crippen LogP contribution is -2.35. The van der Waals surface area contributed by atoms with Gasteiger partial charge in [-0.25, -0.2) is 14.2 Å². The van der Waals surface area contributed by atoms with E-state index in [2.05, 4.69) is 15.6 Å². The standard InChI is InChI=1S/C18H16ClFN4O2/c1-10(21-18(26)22-13-5-3-4-12(20)9-13)16-23-15-8-11(19)6-7-14(15)17(25)24(16)2/h3-10H,1-2H3,(H2,21,22,26)/t10-/m0/s1. The highest BCUT2D eigenvalue weighted by Gasteiger charge is 2.17. The van der Waals surface area contributed by atoms with E-state index in [1.54, 1.807) is 38.2 Å². The average Bonchev–Trinajstić information content (AvgIpc) is 2.57. The van der Waals surface area contributed by atoms with Crippen molar-refractivity contribution in [3.8, 4) is 0 Å². The highest BCUT2D eigenvalue weighted by atomic mass is 35.5. The number of benzene rings is 2. The summed E-state index contributed by atoms with van der Waals surface area (Å²) in [5.74, 6) is -0.0783. The molecule has 0 fully saturated rings. The van der Waals surface area contributed by atoms with Crippen molar-refractivity contribution in [2.24, 2.45) is 7.05 Å². The van der Waals surface area contributed by atoms with Crippen molar-refractivity contribution < 1.29 is 9.18 Å². The number of aromatic nitrogens is 2. The zero-order valence-corrected chi connectivity index (χ0v) is 14.8. The Morgan fingerprint density at radius 1 is 1.27 bits per heavy atom. The third-order valence-corrected chi connectivity index (χ3v) is 4.13. The Hall–Kier alpha value is -2.93. The first kappa shape index (κ1) is 17.9. The van der Waals surface area contributed by atoms with Gasteiger partial charge < -0.3 is 10.6 Å². The molecule has 0 saturated carbocycles. The topological polar surface area (TPSA) is 76.0 Å². The summed E-state index contributed by atoms with van der Waals surface area (Å²) in [7, 11) is 1.58. The number of nitrogens with zero attached hydrogens (tertiary/aromatic N) is 2. The summed E-state index contributed by atoms with van der Waals surface area (Å²) >= 11 is 5.97. The monoisotopic (exact) mass is 374 g/mol. The lowest BCUT2D eigenvalue weighted by atomic mass is 10.2. The van der Waals surface area contributed by atoms with Gasteiger partial charge in [-0.05, 0) is 43.3 Å². The third-order valence-electron chi connectivity index (χ3n) is 3.89.